The van der Waals surface area contributed by atoms with Gasteiger partial charge in [0.05, 0.1) is 41.7 Å². The molecule has 2 aromatic carbocycles. The summed E-state index contributed by atoms with van der Waals surface area (Å²) in [5.74, 6) is 0.801. The minimum Gasteiger partial charge on any atom is -0.490 e. The van der Waals surface area contributed by atoms with Gasteiger partial charge >= 0.3 is 5.97 Å². The first-order valence-corrected chi connectivity index (χ1v) is 12.8. The van der Waals surface area contributed by atoms with Crippen LogP contribution in [0.3, 0.4) is 0 Å². The van der Waals surface area contributed by atoms with Crippen molar-refractivity contribution in [2.75, 3.05) is 13.7 Å². The molecule has 7 nitrogen and oxygen atoms in total. The van der Waals surface area contributed by atoms with Gasteiger partial charge in [-0.05, 0) is 56.5 Å². The van der Waals surface area contributed by atoms with Gasteiger partial charge in [0.25, 0.3) is 5.56 Å². The van der Waals surface area contributed by atoms with Crippen LogP contribution in [-0.4, -0.2) is 30.4 Å². The smallest absolute Gasteiger partial charge is 0.338 e. The molecular formula is C28H30N2O5S. The molecule has 0 fully saturated rings. The van der Waals surface area contributed by atoms with E-state index in [1.165, 1.54) is 18.4 Å². The van der Waals surface area contributed by atoms with Gasteiger partial charge in [-0.2, -0.15) is 0 Å². The molecule has 3 aromatic rings. The Morgan fingerprint density at radius 3 is 2.58 bits per heavy atom. The number of allylic oxidation sites excluding steroid dienone is 1. The molecule has 2 atom stereocenters. The molecule has 36 heavy (non-hydrogen) atoms. The summed E-state index contributed by atoms with van der Waals surface area (Å²) in [6.07, 6.45) is 2.76. The van der Waals surface area contributed by atoms with Gasteiger partial charge in [0, 0.05) is 0 Å². The first kappa shape index (κ1) is 25.4. The van der Waals surface area contributed by atoms with Crippen LogP contribution < -0.4 is 24.4 Å². The van der Waals surface area contributed by atoms with E-state index in [4.69, 9.17) is 14.2 Å². The highest BCUT2D eigenvalue weighted by Gasteiger charge is 2.32. The van der Waals surface area contributed by atoms with E-state index in [2.05, 4.69) is 11.9 Å². The van der Waals surface area contributed by atoms with E-state index in [0.717, 1.165) is 17.5 Å². The summed E-state index contributed by atoms with van der Waals surface area (Å²) in [5.41, 5.74) is 2.28. The number of hydrogen-bond acceptors (Lipinski definition) is 7. The molecule has 0 unspecified atom stereocenters. The SMILES string of the molecule is CCOc1cc(/C=c2\sc3n(c2=O)[C@@H](c2ccccc2)C(C(=O)OC)=C(C)N=3)ccc1O[C@H](C)CC. The van der Waals surface area contributed by atoms with Crippen LogP contribution in [0.2, 0.25) is 0 Å². The first-order chi connectivity index (χ1) is 17.4. The summed E-state index contributed by atoms with van der Waals surface area (Å²) >= 11 is 1.29. The maximum absolute atomic E-state index is 13.7. The van der Waals surface area contributed by atoms with Gasteiger partial charge in [0.1, 0.15) is 0 Å². The van der Waals surface area contributed by atoms with Gasteiger partial charge < -0.3 is 14.2 Å². The molecule has 2 heterocycles. The van der Waals surface area contributed by atoms with Crippen LogP contribution in [0.1, 0.15) is 51.3 Å². The van der Waals surface area contributed by atoms with Crippen molar-refractivity contribution in [3.05, 3.63) is 90.6 Å². The fraction of sp³-hybridized carbons (Fsp3) is 0.321. The Kier molecular flexibility index (Phi) is 7.74. The molecule has 0 bridgehead atoms. The summed E-state index contributed by atoms with van der Waals surface area (Å²) in [6.45, 7) is 8.26. The predicted octanol–water partition coefficient (Wildman–Crippen LogP) is 3.98. The number of ether oxygens (including phenoxy) is 3. The fourth-order valence-electron chi connectivity index (χ4n) is 4.07. The van der Waals surface area contributed by atoms with Crippen molar-refractivity contribution >= 4 is 23.4 Å². The number of nitrogens with zero attached hydrogens (tertiary/aromatic N) is 2. The Hall–Kier alpha value is -3.65. The first-order valence-electron chi connectivity index (χ1n) is 12.0. The molecule has 0 spiro atoms. The largest absolute Gasteiger partial charge is 0.490 e. The van der Waals surface area contributed by atoms with E-state index in [-0.39, 0.29) is 11.7 Å². The van der Waals surface area contributed by atoms with E-state index in [0.29, 0.717) is 38.7 Å². The van der Waals surface area contributed by atoms with Gasteiger partial charge in [0.2, 0.25) is 0 Å². The molecule has 1 aliphatic heterocycles. The zero-order valence-electron chi connectivity index (χ0n) is 21.1. The highest BCUT2D eigenvalue weighted by molar-refractivity contribution is 7.07. The Morgan fingerprint density at radius 1 is 1.17 bits per heavy atom. The molecule has 0 radical (unpaired) electrons. The van der Waals surface area contributed by atoms with E-state index in [1.54, 1.807) is 11.5 Å². The number of benzene rings is 2. The lowest BCUT2D eigenvalue weighted by Gasteiger charge is -2.24. The minimum atomic E-state index is -0.623. The van der Waals surface area contributed by atoms with Crippen molar-refractivity contribution in [1.82, 2.24) is 4.57 Å². The molecule has 0 saturated carbocycles. The van der Waals surface area contributed by atoms with Crippen LogP contribution in [0.25, 0.3) is 6.08 Å². The summed E-state index contributed by atoms with van der Waals surface area (Å²) in [7, 11) is 1.33. The van der Waals surface area contributed by atoms with Gasteiger partial charge in [-0.15, -0.1) is 0 Å². The monoisotopic (exact) mass is 506 g/mol. The zero-order valence-corrected chi connectivity index (χ0v) is 21.9. The Balaban J connectivity index is 1.85. The van der Waals surface area contributed by atoms with Crippen molar-refractivity contribution < 1.29 is 19.0 Å². The predicted molar refractivity (Wildman–Crippen MR) is 140 cm³/mol. The summed E-state index contributed by atoms with van der Waals surface area (Å²) in [5, 5.41) is 0. The van der Waals surface area contributed by atoms with Gasteiger partial charge in [0.15, 0.2) is 16.3 Å². The Morgan fingerprint density at radius 2 is 1.92 bits per heavy atom. The summed E-state index contributed by atoms with van der Waals surface area (Å²) < 4.78 is 18.9. The van der Waals surface area contributed by atoms with E-state index < -0.39 is 12.0 Å². The fourth-order valence-corrected chi connectivity index (χ4v) is 5.12. The lowest BCUT2D eigenvalue weighted by atomic mass is 9.96. The maximum Gasteiger partial charge on any atom is 0.338 e. The number of thiazole rings is 1. The number of methoxy groups -OCH3 is 1. The van der Waals surface area contributed by atoms with Crippen molar-refractivity contribution in [2.24, 2.45) is 4.99 Å². The molecule has 4 rings (SSSR count). The number of rotatable bonds is 8. The summed E-state index contributed by atoms with van der Waals surface area (Å²) in [4.78, 5) is 31.5. The highest BCUT2D eigenvalue weighted by atomic mass is 32.1. The molecule has 0 amide bonds. The Labute approximate surface area is 214 Å². The van der Waals surface area contributed by atoms with Crippen LogP contribution in [0, 0.1) is 0 Å². The van der Waals surface area contributed by atoms with Crippen molar-refractivity contribution in [1.29, 1.82) is 0 Å². The van der Waals surface area contributed by atoms with Crippen molar-refractivity contribution in [3.63, 3.8) is 0 Å². The van der Waals surface area contributed by atoms with Crippen LogP contribution >= 0.6 is 11.3 Å². The van der Waals surface area contributed by atoms with Gasteiger partial charge in [-0.3, -0.25) is 9.36 Å². The highest BCUT2D eigenvalue weighted by Crippen LogP contribution is 2.31. The quantitative estimate of drug-likeness (QED) is 0.432. The average Bonchev–Trinajstić information content (AvgIpc) is 3.18. The third-order valence-electron chi connectivity index (χ3n) is 6.01. The number of carbonyl (C=O) groups excluding carboxylic acids is 1. The number of fused-ring (bicyclic) bond motifs is 1. The number of aromatic nitrogens is 1. The molecule has 0 saturated heterocycles. The Bertz CT molecular complexity index is 1470. The third kappa shape index (κ3) is 4.99. The van der Waals surface area contributed by atoms with Crippen LogP contribution in [0.4, 0.5) is 0 Å². The minimum absolute atomic E-state index is 0.0592. The zero-order chi connectivity index (χ0) is 25.8. The van der Waals surface area contributed by atoms with Crippen LogP contribution in [0.15, 0.2) is 69.6 Å². The second-order valence-corrected chi connectivity index (χ2v) is 9.47. The number of hydrogen-bond donors (Lipinski definition) is 0. The standard InChI is InChI=1S/C28H30N2O5S/c1-6-17(3)35-21-14-13-19(15-22(21)34-7-2)16-23-26(31)30-25(20-11-9-8-10-12-20)24(27(32)33-5)18(4)29-28(30)36-23/h8-17,25H,6-7H2,1-5H3/b23-16-/t17-,25+/m1/s1. The number of esters is 1. The lowest BCUT2D eigenvalue weighted by molar-refractivity contribution is -0.136. The van der Waals surface area contributed by atoms with E-state index >= 15 is 0 Å². The van der Waals surface area contributed by atoms with Crippen LogP contribution in [-0.2, 0) is 9.53 Å². The second-order valence-electron chi connectivity index (χ2n) is 8.46. The molecule has 1 aromatic heterocycles. The van der Waals surface area contributed by atoms with Crippen molar-refractivity contribution in [2.45, 2.75) is 46.3 Å². The second kappa shape index (κ2) is 11.0. The van der Waals surface area contributed by atoms with E-state index in [9.17, 15) is 9.59 Å². The molecule has 188 valence electrons. The molecule has 0 N–H and O–H groups in total. The topological polar surface area (TPSA) is 79.1 Å². The van der Waals surface area contributed by atoms with E-state index in [1.807, 2.05) is 68.5 Å². The normalized spacial score (nSPS) is 16.2. The van der Waals surface area contributed by atoms with Gasteiger partial charge in [-0.1, -0.05) is 54.7 Å². The lowest BCUT2D eigenvalue weighted by Crippen LogP contribution is -2.39. The third-order valence-corrected chi connectivity index (χ3v) is 6.99. The molecular weight excluding hydrogens is 476 g/mol. The van der Waals surface area contributed by atoms with Gasteiger partial charge in [-0.25, -0.2) is 9.79 Å². The molecule has 0 aliphatic carbocycles. The average molecular weight is 507 g/mol. The maximum atomic E-state index is 13.7. The summed E-state index contributed by atoms with van der Waals surface area (Å²) in [6, 6.07) is 14.5. The van der Waals surface area contributed by atoms with Crippen molar-refractivity contribution in [3.8, 4) is 11.5 Å². The molecule has 1 aliphatic rings. The number of carbonyl (C=O) groups is 1. The van der Waals surface area contributed by atoms with Crippen LogP contribution in [0.5, 0.6) is 11.5 Å². The molecule has 8 heteroatoms.